The SMILES string of the molecule is O=C(NC1CCC(O)CC1)C1CCC(=O)N1Cc1c[nH]c2ccccc12. The highest BCUT2D eigenvalue weighted by Gasteiger charge is 2.37. The van der Waals surface area contributed by atoms with Gasteiger partial charge in [0, 0.05) is 36.1 Å². The highest BCUT2D eigenvalue weighted by Crippen LogP contribution is 2.26. The summed E-state index contributed by atoms with van der Waals surface area (Å²) in [5.41, 5.74) is 2.07. The quantitative estimate of drug-likeness (QED) is 0.785. The molecule has 1 saturated heterocycles. The summed E-state index contributed by atoms with van der Waals surface area (Å²) in [7, 11) is 0. The number of benzene rings is 1. The lowest BCUT2D eigenvalue weighted by Gasteiger charge is -2.29. The van der Waals surface area contributed by atoms with Gasteiger partial charge in [-0.3, -0.25) is 9.59 Å². The van der Waals surface area contributed by atoms with Gasteiger partial charge in [-0.2, -0.15) is 0 Å². The fourth-order valence-electron chi connectivity index (χ4n) is 4.17. The molecule has 0 radical (unpaired) electrons. The minimum Gasteiger partial charge on any atom is -0.393 e. The summed E-state index contributed by atoms with van der Waals surface area (Å²) in [5, 5.41) is 13.8. The summed E-state index contributed by atoms with van der Waals surface area (Å²) in [6, 6.07) is 7.70. The summed E-state index contributed by atoms with van der Waals surface area (Å²) < 4.78 is 0. The van der Waals surface area contributed by atoms with E-state index >= 15 is 0 Å². The van der Waals surface area contributed by atoms with Crippen LogP contribution in [0.15, 0.2) is 30.5 Å². The Balaban J connectivity index is 1.46. The van der Waals surface area contributed by atoms with Gasteiger partial charge in [0.1, 0.15) is 6.04 Å². The summed E-state index contributed by atoms with van der Waals surface area (Å²) >= 11 is 0. The predicted octanol–water partition coefficient (Wildman–Crippen LogP) is 2.08. The first-order valence-corrected chi connectivity index (χ1v) is 9.44. The number of likely N-dealkylation sites (tertiary alicyclic amines) is 1. The Hall–Kier alpha value is -2.34. The number of nitrogens with zero attached hydrogens (tertiary/aromatic N) is 1. The van der Waals surface area contributed by atoms with Crippen molar-refractivity contribution in [3.05, 3.63) is 36.0 Å². The first-order valence-electron chi connectivity index (χ1n) is 9.44. The maximum atomic E-state index is 12.8. The second-order valence-electron chi connectivity index (χ2n) is 7.45. The molecule has 2 fully saturated rings. The van der Waals surface area contributed by atoms with Crippen molar-refractivity contribution in [2.75, 3.05) is 0 Å². The van der Waals surface area contributed by atoms with E-state index < -0.39 is 6.04 Å². The molecule has 1 aromatic heterocycles. The molecule has 138 valence electrons. The molecule has 1 aliphatic carbocycles. The molecule has 0 spiro atoms. The number of aliphatic hydroxyl groups is 1. The molecule has 6 heteroatoms. The number of aromatic nitrogens is 1. The van der Waals surface area contributed by atoms with Crippen molar-refractivity contribution in [1.29, 1.82) is 0 Å². The van der Waals surface area contributed by atoms with Crippen LogP contribution >= 0.6 is 0 Å². The predicted molar refractivity (Wildman–Crippen MR) is 98.3 cm³/mol. The number of rotatable bonds is 4. The fourth-order valence-corrected chi connectivity index (χ4v) is 4.17. The first-order chi connectivity index (χ1) is 12.6. The Bertz CT molecular complexity index is 807. The first kappa shape index (κ1) is 17.1. The van der Waals surface area contributed by atoms with Crippen molar-refractivity contribution in [2.24, 2.45) is 0 Å². The van der Waals surface area contributed by atoms with Crippen LogP contribution in [-0.2, 0) is 16.1 Å². The highest BCUT2D eigenvalue weighted by atomic mass is 16.3. The second-order valence-corrected chi connectivity index (χ2v) is 7.45. The number of hydrogen-bond donors (Lipinski definition) is 3. The van der Waals surface area contributed by atoms with Crippen LogP contribution in [0.1, 0.15) is 44.1 Å². The van der Waals surface area contributed by atoms with Crippen LogP contribution < -0.4 is 5.32 Å². The fraction of sp³-hybridized carbons (Fsp3) is 0.500. The molecular formula is C20H25N3O3. The van der Waals surface area contributed by atoms with Crippen molar-refractivity contribution in [2.45, 2.75) is 63.3 Å². The summed E-state index contributed by atoms with van der Waals surface area (Å²) in [4.78, 5) is 30.1. The van der Waals surface area contributed by atoms with Gasteiger partial charge in [-0.15, -0.1) is 0 Å². The van der Waals surface area contributed by atoms with E-state index in [1.165, 1.54) is 0 Å². The number of hydrogen-bond acceptors (Lipinski definition) is 3. The number of H-pyrrole nitrogens is 1. The average Bonchev–Trinajstić information content (AvgIpc) is 3.22. The molecule has 0 bridgehead atoms. The Morgan fingerprint density at radius 1 is 1.19 bits per heavy atom. The molecule has 2 aromatic rings. The number of aromatic amines is 1. The van der Waals surface area contributed by atoms with E-state index in [2.05, 4.69) is 10.3 Å². The minimum atomic E-state index is -0.400. The van der Waals surface area contributed by atoms with Crippen LogP contribution in [-0.4, -0.2) is 45.0 Å². The second kappa shape index (κ2) is 7.11. The van der Waals surface area contributed by atoms with Gasteiger partial charge in [-0.1, -0.05) is 18.2 Å². The summed E-state index contributed by atoms with van der Waals surface area (Å²) in [6.45, 7) is 0.449. The number of fused-ring (bicyclic) bond motifs is 1. The molecule has 26 heavy (non-hydrogen) atoms. The maximum Gasteiger partial charge on any atom is 0.243 e. The molecule has 2 aliphatic rings. The number of carbonyl (C=O) groups is 2. The third-order valence-corrected chi connectivity index (χ3v) is 5.69. The van der Waals surface area contributed by atoms with Gasteiger partial charge in [0.2, 0.25) is 11.8 Å². The highest BCUT2D eigenvalue weighted by molar-refractivity contribution is 5.91. The van der Waals surface area contributed by atoms with Crippen molar-refractivity contribution in [1.82, 2.24) is 15.2 Å². The van der Waals surface area contributed by atoms with Gasteiger partial charge >= 0.3 is 0 Å². The molecule has 2 heterocycles. The lowest BCUT2D eigenvalue weighted by molar-refractivity contribution is -0.136. The average molecular weight is 355 g/mol. The molecule has 1 aliphatic heterocycles. The Kier molecular flexibility index (Phi) is 4.68. The topological polar surface area (TPSA) is 85.4 Å². The standard InChI is InChI=1S/C20H25N3O3/c24-15-7-5-14(6-8-15)22-20(26)18-9-10-19(25)23(18)12-13-11-21-17-4-2-1-3-16(13)17/h1-4,11,14-15,18,21,24H,5-10,12H2,(H,22,26). The molecule has 2 amide bonds. The van der Waals surface area contributed by atoms with Crippen molar-refractivity contribution in [3.63, 3.8) is 0 Å². The Morgan fingerprint density at radius 3 is 2.77 bits per heavy atom. The Morgan fingerprint density at radius 2 is 1.96 bits per heavy atom. The van der Waals surface area contributed by atoms with Gasteiger partial charge < -0.3 is 20.3 Å². The largest absolute Gasteiger partial charge is 0.393 e. The van der Waals surface area contributed by atoms with Crippen LogP contribution in [0, 0.1) is 0 Å². The zero-order chi connectivity index (χ0) is 18.1. The van der Waals surface area contributed by atoms with Crippen LogP contribution in [0.2, 0.25) is 0 Å². The minimum absolute atomic E-state index is 0.0366. The van der Waals surface area contributed by atoms with Gasteiger partial charge in [0.25, 0.3) is 0 Å². The third-order valence-electron chi connectivity index (χ3n) is 5.69. The normalized spacial score (nSPS) is 26.4. The lowest BCUT2D eigenvalue weighted by Crippen LogP contribution is -2.48. The number of amides is 2. The van der Waals surface area contributed by atoms with Gasteiger partial charge in [0.05, 0.1) is 6.10 Å². The Labute approximate surface area is 152 Å². The van der Waals surface area contributed by atoms with E-state index in [4.69, 9.17) is 0 Å². The number of carbonyl (C=O) groups excluding carboxylic acids is 2. The molecule has 4 rings (SSSR count). The third kappa shape index (κ3) is 3.33. The van der Waals surface area contributed by atoms with Crippen molar-refractivity contribution >= 4 is 22.7 Å². The smallest absolute Gasteiger partial charge is 0.243 e. The van der Waals surface area contributed by atoms with E-state index in [0.717, 1.165) is 42.1 Å². The summed E-state index contributed by atoms with van der Waals surface area (Å²) in [5.74, 6) is -0.0217. The molecule has 1 atom stereocenters. The molecule has 1 unspecified atom stereocenters. The van der Waals surface area contributed by atoms with E-state index in [-0.39, 0.29) is 24.0 Å². The molecule has 6 nitrogen and oxygen atoms in total. The number of aliphatic hydroxyl groups excluding tert-OH is 1. The zero-order valence-corrected chi connectivity index (χ0v) is 14.8. The lowest BCUT2D eigenvalue weighted by atomic mass is 9.93. The molecule has 3 N–H and O–H groups in total. The van der Waals surface area contributed by atoms with Crippen LogP contribution in [0.25, 0.3) is 10.9 Å². The van der Waals surface area contributed by atoms with Crippen molar-refractivity contribution in [3.8, 4) is 0 Å². The van der Waals surface area contributed by atoms with Crippen LogP contribution in [0.4, 0.5) is 0 Å². The number of nitrogens with one attached hydrogen (secondary N) is 2. The zero-order valence-electron chi connectivity index (χ0n) is 14.8. The molecular weight excluding hydrogens is 330 g/mol. The van der Waals surface area contributed by atoms with Crippen LogP contribution in [0.3, 0.4) is 0 Å². The number of para-hydroxylation sites is 1. The van der Waals surface area contributed by atoms with Gasteiger partial charge in [0.15, 0.2) is 0 Å². The van der Waals surface area contributed by atoms with E-state index in [9.17, 15) is 14.7 Å². The van der Waals surface area contributed by atoms with Gasteiger partial charge in [-0.25, -0.2) is 0 Å². The molecule has 1 saturated carbocycles. The van der Waals surface area contributed by atoms with E-state index in [1.54, 1.807) is 4.90 Å². The van der Waals surface area contributed by atoms with Crippen LogP contribution in [0.5, 0.6) is 0 Å². The maximum absolute atomic E-state index is 12.8. The van der Waals surface area contributed by atoms with E-state index in [1.807, 2.05) is 30.5 Å². The monoisotopic (exact) mass is 355 g/mol. The van der Waals surface area contributed by atoms with E-state index in [0.29, 0.717) is 19.4 Å². The molecule has 1 aromatic carbocycles. The van der Waals surface area contributed by atoms with Gasteiger partial charge in [-0.05, 0) is 43.7 Å². The summed E-state index contributed by atoms with van der Waals surface area (Å²) in [6.07, 6.45) is 5.74. The van der Waals surface area contributed by atoms with Crippen molar-refractivity contribution < 1.29 is 14.7 Å².